The Labute approximate surface area is 212 Å². The van der Waals surface area contributed by atoms with E-state index < -0.39 is 0 Å². The smallest absolute Gasteiger partial charge is 0.223 e. The number of halogens is 1. The van der Waals surface area contributed by atoms with Gasteiger partial charge in [0, 0.05) is 36.8 Å². The van der Waals surface area contributed by atoms with E-state index in [1.54, 1.807) is 12.1 Å². The first kappa shape index (κ1) is 24.3. The van der Waals surface area contributed by atoms with Gasteiger partial charge >= 0.3 is 0 Å². The van der Waals surface area contributed by atoms with Crippen LogP contribution in [0.2, 0.25) is 0 Å². The number of carbonyl (C=O) groups excluding carboxylic acids is 1. The van der Waals surface area contributed by atoms with E-state index in [0.29, 0.717) is 13.1 Å². The second-order valence-electron chi connectivity index (χ2n) is 9.85. The zero-order valence-electron chi connectivity index (χ0n) is 20.9. The summed E-state index contributed by atoms with van der Waals surface area (Å²) >= 11 is 0. The monoisotopic (exact) mass is 483 g/mol. The minimum atomic E-state index is -0.205. The molecular weight excluding hydrogens is 449 g/mol. The van der Waals surface area contributed by atoms with Crippen molar-refractivity contribution in [2.45, 2.75) is 45.8 Å². The Morgan fingerprint density at radius 1 is 0.889 bits per heavy atom. The largest absolute Gasteiger partial charge is 0.352 e. The number of aryl methyl sites for hydroxylation is 1. The van der Waals surface area contributed by atoms with Gasteiger partial charge in [-0.2, -0.15) is 0 Å². The number of benzene rings is 3. The van der Waals surface area contributed by atoms with Crippen molar-refractivity contribution < 1.29 is 9.18 Å². The number of carbonyl (C=O) groups is 1. The Kier molecular flexibility index (Phi) is 7.47. The maximum Gasteiger partial charge on any atom is 0.223 e. The van der Waals surface area contributed by atoms with E-state index in [1.165, 1.54) is 22.7 Å². The quantitative estimate of drug-likeness (QED) is 0.338. The van der Waals surface area contributed by atoms with Crippen LogP contribution in [0.4, 0.5) is 4.39 Å². The van der Waals surface area contributed by atoms with Crippen molar-refractivity contribution in [2.24, 2.45) is 5.92 Å². The lowest BCUT2D eigenvalue weighted by Crippen LogP contribution is -2.40. The van der Waals surface area contributed by atoms with Gasteiger partial charge in [-0.25, -0.2) is 4.39 Å². The number of rotatable bonds is 8. The van der Waals surface area contributed by atoms with Gasteiger partial charge in [0.2, 0.25) is 5.91 Å². The summed E-state index contributed by atoms with van der Waals surface area (Å²) in [5.41, 5.74) is 5.80. The predicted octanol–water partition coefficient (Wildman–Crippen LogP) is 5.92. The summed E-state index contributed by atoms with van der Waals surface area (Å²) in [6.45, 7) is 5.98. The fraction of sp³-hybridized carbons (Fsp3) is 0.323. The minimum absolute atomic E-state index is 0.0642. The van der Waals surface area contributed by atoms with Gasteiger partial charge in [-0.3, -0.25) is 9.69 Å². The van der Waals surface area contributed by atoms with Crippen LogP contribution in [-0.2, 0) is 30.8 Å². The third-order valence-corrected chi connectivity index (χ3v) is 7.37. The molecule has 1 aliphatic rings. The summed E-state index contributed by atoms with van der Waals surface area (Å²) in [4.78, 5) is 15.2. The van der Waals surface area contributed by atoms with Crippen LogP contribution in [0, 0.1) is 11.7 Å². The molecule has 0 spiro atoms. The number of likely N-dealkylation sites (tertiary alicyclic amines) is 1. The average Bonchev–Trinajstić information content (AvgIpc) is 3.24. The van der Waals surface area contributed by atoms with Crippen molar-refractivity contribution in [2.75, 3.05) is 13.1 Å². The normalized spacial score (nSPS) is 14.8. The van der Waals surface area contributed by atoms with Crippen LogP contribution in [0.15, 0.2) is 78.9 Å². The van der Waals surface area contributed by atoms with E-state index in [1.807, 2.05) is 6.07 Å². The number of hydrogen-bond acceptors (Lipinski definition) is 2. The predicted molar refractivity (Wildman–Crippen MR) is 143 cm³/mol. The molecule has 1 saturated heterocycles. The van der Waals surface area contributed by atoms with Gasteiger partial charge < -0.3 is 9.88 Å². The van der Waals surface area contributed by atoms with Crippen molar-refractivity contribution in [1.82, 2.24) is 14.8 Å². The first-order valence-electron chi connectivity index (χ1n) is 13.0. The molecule has 1 N–H and O–H groups in total. The maximum atomic E-state index is 13.8. The Balaban J connectivity index is 1.20. The number of piperidine rings is 1. The highest BCUT2D eigenvalue weighted by atomic mass is 19.1. The van der Waals surface area contributed by atoms with Crippen molar-refractivity contribution >= 4 is 16.8 Å². The van der Waals surface area contributed by atoms with Gasteiger partial charge in [0.05, 0.1) is 0 Å². The van der Waals surface area contributed by atoms with Crippen molar-refractivity contribution in [3.05, 3.63) is 107 Å². The summed E-state index contributed by atoms with van der Waals surface area (Å²) in [5.74, 6) is 0.0209. The molecular formula is C31H34FN3O. The molecule has 0 atom stereocenters. The molecule has 1 amide bonds. The molecule has 0 aliphatic carbocycles. The van der Waals surface area contributed by atoms with Crippen LogP contribution in [0.3, 0.4) is 0 Å². The molecule has 5 rings (SSSR count). The van der Waals surface area contributed by atoms with E-state index in [2.05, 4.69) is 76.3 Å². The standard InChI is InChI=1S/C31H34FN3O/c1-2-23-10-12-24(13-11-23)20-33-31(36)26-14-16-34(17-15-26)22-29-19-27-7-3-4-9-30(27)35(29)21-25-6-5-8-28(32)18-25/h3-13,18-19,26H,2,14-17,20-22H2,1H3,(H,33,36). The molecule has 4 nitrogen and oxygen atoms in total. The third kappa shape index (κ3) is 5.68. The van der Waals surface area contributed by atoms with Crippen molar-refractivity contribution in [1.29, 1.82) is 0 Å². The minimum Gasteiger partial charge on any atom is -0.352 e. The summed E-state index contributed by atoms with van der Waals surface area (Å²) in [6.07, 6.45) is 2.76. The zero-order chi connectivity index (χ0) is 24.9. The molecule has 5 heteroatoms. The molecule has 36 heavy (non-hydrogen) atoms. The van der Waals surface area contributed by atoms with Gasteiger partial charge in [0.1, 0.15) is 5.82 Å². The number of hydrogen-bond donors (Lipinski definition) is 1. The lowest BCUT2D eigenvalue weighted by atomic mass is 9.95. The molecule has 1 aromatic heterocycles. The molecule has 1 aliphatic heterocycles. The molecule has 0 radical (unpaired) electrons. The lowest BCUT2D eigenvalue weighted by molar-refractivity contribution is -0.126. The van der Waals surface area contributed by atoms with Crippen LogP contribution in [-0.4, -0.2) is 28.5 Å². The molecule has 186 valence electrons. The van der Waals surface area contributed by atoms with Crippen LogP contribution < -0.4 is 5.32 Å². The van der Waals surface area contributed by atoms with Gasteiger partial charge in [-0.05, 0) is 78.7 Å². The highest BCUT2D eigenvalue weighted by Crippen LogP contribution is 2.25. The van der Waals surface area contributed by atoms with Gasteiger partial charge in [0.25, 0.3) is 0 Å². The molecule has 4 aromatic rings. The van der Waals surface area contributed by atoms with Gasteiger partial charge in [-0.1, -0.05) is 61.5 Å². The zero-order valence-corrected chi connectivity index (χ0v) is 20.9. The van der Waals surface area contributed by atoms with Gasteiger partial charge in [-0.15, -0.1) is 0 Å². The number of para-hydroxylation sites is 1. The van der Waals surface area contributed by atoms with Crippen LogP contribution in [0.1, 0.15) is 42.1 Å². The van der Waals surface area contributed by atoms with Crippen molar-refractivity contribution in [3.63, 3.8) is 0 Å². The van der Waals surface area contributed by atoms with E-state index in [-0.39, 0.29) is 17.6 Å². The topological polar surface area (TPSA) is 37.3 Å². The Morgan fingerprint density at radius 3 is 2.39 bits per heavy atom. The number of fused-ring (bicyclic) bond motifs is 1. The van der Waals surface area contributed by atoms with Crippen LogP contribution in [0.25, 0.3) is 10.9 Å². The second-order valence-corrected chi connectivity index (χ2v) is 9.85. The molecule has 3 aromatic carbocycles. The number of nitrogens with one attached hydrogen (secondary N) is 1. The SMILES string of the molecule is CCc1ccc(CNC(=O)C2CCN(Cc3cc4ccccc4n3Cc3cccc(F)c3)CC2)cc1. The summed E-state index contributed by atoms with van der Waals surface area (Å²) < 4.78 is 16.1. The number of amides is 1. The fourth-order valence-corrected chi connectivity index (χ4v) is 5.21. The number of nitrogens with zero attached hydrogens (tertiary/aromatic N) is 2. The Hall–Kier alpha value is -3.44. The molecule has 2 heterocycles. The average molecular weight is 484 g/mol. The molecule has 0 unspecified atom stereocenters. The van der Waals surface area contributed by atoms with E-state index >= 15 is 0 Å². The molecule has 0 bridgehead atoms. The second kappa shape index (κ2) is 11.1. The van der Waals surface area contributed by atoms with E-state index in [9.17, 15) is 9.18 Å². The summed E-state index contributed by atoms with van der Waals surface area (Å²) in [6, 6.07) is 25.9. The highest BCUT2D eigenvalue weighted by Gasteiger charge is 2.25. The number of aromatic nitrogens is 1. The van der Waals surface area contributed by atoms with Crippen LogP contribution in [0.5, 0.6) is 0 Å². The van der Waals surface area contributed by atoms with E-state index in [0.717, 1.165) is 55.5 Å². The lowest BCUT2D eigenvalue weighted by Gasteiger charge is -2.31. The first-order chi connectivity index (χ1) is 17.6. The van der Waals surface area contributed by atoms with Gasteiger partial charge in [0.15, 0.2) is 0 Å². The highest BCUT2D eigenvalue weighted by molar-refractivity contribution is 5.81. The fourth-order valence-electron chi connectivity index (χ4n) is 5.21. The Morgan fingerprint density at radius 2 is 1.64 bits per heavy atom. The summed E-state index contributed by atoms with van der Waals surface area (Å²) in [7, 11) is 0. The van der Waals surface area contributed by atoms with Crippen molar-refractivity contribution in [3.8, 4) is 0 Å². The summed E-state index contributed by atoms with van der Waals surface area (Å²) in [5, 5.41) is 4.34. The van der Waals surface area contributed by atoms with Crippen LogP contribution >= 0.6 is 0 Å². The maximum absolute atomic E-state index is 13.8. The Bertz CT molecular complexity index is 1320. The van der Waals surface area contributed by atoms with E-state index in [4.69, 9.17) is 0 Å². The molecule has 0 saturated carbocycles. The molecule has 1 fully saturated rings. The first-order valence-corrected chi connectivity index (χ1v) is 13.0. The third-order valence-electron chi connectivity index (χ3n) is 7.37.